The third-order valence-corrected chi connectivity index (χ3v) is 3.25. The SMILES string of the molecule is O=C(c1ccc(Br)cc1)N1CC(C(F)(F)F)C1. The third-order valence-electron chi connectivity index (χ3n) is 2.72. The maximum absolute atomic E-state index is 12.2. The van der Waals surface area contributed by atoms with Crippen molar-refractivity contribution in [3.05, 3.63) is 34.3 Å². The van der Waals surface area contributed by atoms with Gasteiger partial charge >= 0.3 is 6.18 Å². The van der Waals surface area contributed by atoms with Gasteiger partial charge in [-0.1, -0.05) is 15.9 Å². The molecule has 92 valence electrons. The smallest absolute Gasteiger partial charge is 0.337 e. The lowest BCUT2D eigenvalue weighted by Gasteiger charge is -2.40. The number of rotatable bonds is 1. The molecule has 0 aliphatic carbocycles. The molecule has 1 aliphatic heterocycles. The Labute approximate surface area is 105 Å². The van der Waals surface area contributed by atoms with Crippen LogP contribution in [-0.2, 0) is 0 Å². The van der Waals surface area contributed by atoms with Gasteiger partial charge in [-0.25, -0.2) is 0 Å². The first-order valence-electron chi connectivity index (χ1n) is 4.99. The minimum Gasteiger partial charge on any atom is -0.337 e. The van der Waals surface area contributed by atoms with E-state index in [4.69, 9.17) is 0 Å². The Balaban J connectivity index is 1.98. The van der Waals surface area contributed by atoms with Gasteiger partial charge in [-0.05, 0) is 24.3 Å². The van der Waals surface area contributed by atoms with E-state index < -0.39 is 12.1 Å². The molecule has 1 fully saturated rings. The van der Waals surface area contributed by atoms with Gasteiger partial charge in [0.15, 0.2) is 0 Å². The molecule has 0 aromatic heterocycles. The molecule has 1 aromatic rings. The van der Waals surface area contributed by atoms with Crippen LogP contribution in [0.1, 0.15) is 10.4 Å². The summed E-state index contributed by atoms with van der Waals surface area (Å²) in [5.41, 5.74) is 0.411. The maximum Gasteiger partial charge on any atom is 0.395 e. The van der Waals surface area contributed by atoms with Crippen molar-refractivity contribution in [3.8, 4) is 0 Å². The van der Waals surface area contributed by atoms with Gasteiger partial charge in [0.25, 0.3) is 5.91 Å². The first-order valence-corrected chi connectivity index (χ1v) is 5.79. The van der Waals surface area contributed by atoms with Crippen LogP contribution in [-0.4, -0.2) is 30.1 Å². The normalized spacial score (nSPS) is 16.8. The molecule has 0 radical (unpaired) electrons. The Bertz CT molecular complexity index is 423. The minimum absolute atomic E-state index is 0.238. The van der Waals surface area contributed by atoms with Crippen LogP contribution in [0.5, 0.6) is 0 Å². The Morgan fingerprint density at radius 2 is 1.76 bits per heavy atom. The number of benzene rings is 1. The van der Waals surface area contributed by atoms with Crippen molar-refractivity contribution in [1.29, 1.82) is 0 Å². The van der Waals surface area contributed by atoms with Crippen LogP contribution >= 0.6 is 15.9 Å². The molecule has 1 aliphatic rings. The second-order valence-corrected chi connectivity index (χ2v) is 4.87. The van der Waals surface area contributed by atoms with E-state index in [0.29, 0.717) is 5.56 Å². The van der Waals surface area contributed by atoms with Crippen LogP contribution in [0.15, 0.2) is 28.7 Å². The average Bonchev–Trinajstić information content (AvgIpc) is 2.13. The number of nitrogens with zero attached hydrogens (tertiary/aromatic N) is 1. The number of hydrogen-bond donors (Lipinski definition) is 0. The predicted octanol–water partition coefficient (Wildman–Crippen LogP) is 3.08. The molecule has 2 nitrogen and oxygen atoms in total. The molecular formula is C11H9BrF3NO. The summed E-state index contributed by atoms with van der Waals surface area (Å²) in [5.74, 6) is -1.72. The van der Waals surface area contributed by atoms with Crippen LogP contribution in [0.25, 0.3) is 0 Å². The fourth-order valence-electron chi connectivity index (χ4n) is 1.63. The maximum atomic E-state index is 12.2. The first-order chi connectivity index (χ1) is 7.88. The molecule has 17 heavy (non-hydrogen) atoms. The first kappa shape index (κ1) is 12.4. The van der Waals surface area contributed by atoms with Gasteiger partial charge < -0.3 is 4.90 Å². The Morgan fingerprint density at radius 1 is 1.24 bits per heavy atom. The quantitative estimate of drug-likeness (QED) is 0.781. The molecule has 2 rings (SSSR count). The fourth-order valence-corrected chi connectivity index (χ4v) is 1.89. The van der Waals surface area contributed by atoms with E-state index in [1.807, 2.05) is 0 Å². The average molecular weight is 308 g/mol. The number of alkyl halides is 3. The van der Waals surface area contributed by atoms with Crippen LogP contribution in [0, 0.1) is 5.92 Å². The summed E-state index contributed by atoms with van der Waals surface area (Å²) in [6.07, 6.45) is -4.20. The summed E-state index contributed by atoms with van der Waals surface area (Å²) < 4.78 is 37.6. The molecule has 1 amide bonds. The zero-order valence-corrected chi connectivity index (χ0v) is 10.3. The van der Waals surface area contributed by atoms with E-state index in [1.165, 1.54) is 4.90 Å². The highest BCUT2D eigenvalue weighted by molar-refractivity contribution is 9.10. The molecule has 0 bridgehead atoms. The number of likely N-dealkylation sites (tertiary alicyclic amines) is 1. The highest BCUT2D eigenvalue weighted by Crippen LogP contribution is 2.34. The molecule has 1 saturated heterocycles. The zero-order chi connectivity index (χ0) is 12.6. The summed E-state index contributed by atoms with van der Waals surface area (Å²) in [6, 6.07) is 6.56. The van der Waals surface area contributed by atoms with E-state index in [1.54, 1.807) is 24.3 Å². The minimum atomic E-state index is -4.20. The number of hydrogen-bond acceptors (Lipinski definition) is 1. The Hall–Kier alpha value is -1.04. The zero-order valence-electron chi connectivity index (χ0n) is 8.67. The van der Waals surface area contributed by atoms with Crippen LogP contribution < -0.4 is 0 Å². The standard InChI is InChI=1S/C11H9BrF3NO/c12-9-3-1-7(2-4-9)10(17)16-5-8(6-16)11(13,14)15/h1-4,8H,5-6H2. The van der Waals surface area contributed by atoms with Gasteiger partial charge in [0, 0.05) is 23.1 Å². The van der Waals surface area contributed by atoms with Gasteiger partial charge in [0.2, 0.25) is 0 Å². The lowest BCUT2D eigenvalue weighted by Crippen LogP contribution is -2.55. The molecule has 1 heterocycles. The highest BCUT2D eigenvalue weighted by atomic mass is 79.9. The highest BCUT2D eigenvalue weighted by Gasteiger charge is 2.48. The summed E-state index contributed by atoms with van der Waals surface area (Å²) in [6.45, 7) is -0.475. The van der Waals surface area contributed by atoms with Crippen molar-refractivity contribution >= 4 is 21.8 Å². The van der Waals surface area contributed by atoms with Crippen LogP contribution in [0.4, 0.5) is 13.2 Å². The lowest BCUT2D eigenvalue weighted by molar-refractivity contribution is -0.202. The second-order valence-electron chi connectivity index (χ2n) is 3.96. The second kappa shape index (κ2) is 4.33. The van der Waals surface area contributed by atoms with Crippen molar-refractivity contribution in [1.82, 2.24) is 4.90 Å². The molecule has 0 saturated carbocycles. The van der Waals surface area contributed by atoms with Crippen molar-refractivity contribution in [2.24, 2.45) is 5.92 Å². The topological polar surface area (TPSA) is 20.3 Å². The predicted molar refractivity (Wildman–Crippen MR) is 59.6 cm³/mol. The summed E-state index contributed by atoms with van der Waals surface area (Å²) in [5, 5.41) is 0. The van der Waals surface area contributed by atoms with Gasteiger partial charge in [-0.15, -0.1) is 0 Å². The van der Waals surface area contributed by atoms with Crippen molar-refractivity contribution in [2.75, 3.05) is 13.1 Å². The summed E-state index contributed by atoms with van der Waals surface area (Å²) in [7, 11) is 0. The van der Waals surface area contributed by atoms with Gasteiger partial charge in [0.1, 0.15) is 0 Å². The monoisotopic (exact) mass is 307 g/mol. The molecule has 1 aromatic carbocycles. The Morgan fingerprint density at radius 3 is 2.24 bits per heavy atom. The molecule has 0 spiro atoms. The fraction of sp³-hybridized carbons (Fsp3) is 0.364. The van der Waals surface area contributed by atoms with E-state index in [0.717, 1.165) is 4.47 Å². The van der Waals surface area contributed by atoms with Crippen LogP contribution in [0.2, 0.25) is 0 Å². The molecule has 0 N–H and O–H groups in total. The van der Waals surface area contributed by atoms with Crippen molar-refractivity contribution in [2.45, 2.75) is 6.18 Å². The van der Waals surface area contributed by atoms with E-state index in [2.05, 4.69) is 15.9 Å². The van der Waals surface area contributed by atoms with Crippen molar-refractivity contribution in [3.63, 3.8) is 0 Å². The third kappa shape index (κ3) is 2.62. The van der Waals surface area contributed by atoms with Crippen molar-refractivity contribution < 1.29 is 18.0 Å². The summed E-state index contributed by atoms with van der Waals surface area (Å²) >= 11 is 3.22. The van der Waals surface area contributed by atoms with Gasteiger partial charge in [-0.3, -0.25) is 4.79 Å². The molecule has 6 heteroatoms. The molecular weight excluding hydrogens is 299 g/mol. The summed E-state index contributed by atoms with van der Waals surface area (Å²) in [4.78, 5) is 13.0. The van der Waals surface area contributed by atoms with Gasteiger partial charge in [0.05, 0.1) is 5.92 Å². The molecule has 0 unspecified atom stereocenters. The Kier molecular flexibility index (Phi) is 3.16. The lowest BCUT2D eigenvalue weighted by atomic mass is 9.98. The van der Waals surface area contributed by atoms with Crippen LogP contribution in [0.3, 0.4) is 0 Å². The number of halogens is 4. The number of amides is 1. The van der Waals surface area contributed by atoms with Gasteiger partial charge in [-0.2, -0.15) is 13.2 Å². The van der Waals surface area contributed by atoms with E-state index in [9.17, 15) is 18.0 Å². The molecule has 0 atom stereocenters. The number of carbonyl (C=O) groups is 1. The van der Waals surface area contributed by atoms with E-state index >= 15 is 0 Å². The van der Waals surface area contributed by atoms with E-state index in [-0.39, 0.29) is 19.0 Å². The largest absolute Gasteiger partial charge is 0.395 e. The number of carbonyl (C=O) groups excluding carboxylic acids is 1.